The summed E-state index contributed by atoms with van der Waals surface area (Å²) in [5.41, 5.74) is 1.76. The predicted octanol–water partition coefficient (Wildman–Crippen LogP) is 1.25. The van der Waals surface area contributed by atoms with Crippen molar-refractivity contribution in [2.75, 3.05) is 18.9 Å². The van der Waals surface area contributed by atoms with Crippen LogP contribution in [0.25, 0.3) is 0 Å². The normalized spacial score (nSPS) is 11.4. The number of H-pyrrole nitrogens is 1. The summed E-state index contributed by atoms with van der Waals surface area (Å²) >= 11 is 0. The SMILES string of the molecule is CNCc1c(S(=O)(=O)Nc2cccc(OC)c2)n[nH]c1C. The van der Waals surface area contributed by atoms with Crippen LogP contribution in [0, 0.1) is 6.92 Å². The topological polar surface area (TPSA) is 96.1 Å². The second kappa shape index (κ2) is 6.15. The van der Waals surface area contributed by atoms with Crippen LogP contribution in [0.15, 0.2) is 29.3 Å². The molecule has 8 heteroatoms. The Morgan fingerprint density at radius 1 is 1.38 bits per heavy atom. The molecule has 0 spiro atoms. The summed E-state index contributed by atoms with van der Waals surface area (Å²) in [6, 6.07) is 6.70. The van der Waals surface area contributed by atoms with E-state index in [2.05, 4.69) is 20.2 Å². The molecule has 0 saturated heterocycles. The molecule has 2 rings (SSSR count). The molecule has 21 heavy (non-hydrogen) atoms. The highest BCUT2D eigenvalue weighted by atomic mass is 32.2. The smallest absolute Gasteiger partial charge is 0.281 e. The van der Waals surface area contributed by atoms with Crippen molar-refractivity contribution in [3.63, 3.8) is 0 Å². The zero-order valence-corrected chi connectivity index (χ0v) is 12.9. The minimum atomic E-state index is -3.76. The first-order chi connectivity index (χ1) is 9.97. The number of hydrogen-bond donors (Lipinski definition) is 3. The molecule has 0 aliphatic rings. The van der Waals surface area contributed by atoms with Gasteiger partial charge < -0.3 is 10.1 Å². The van der Waals surface area contributed by atoms with Crippen LogP contribution in [0.1, 0.15) is 11.3 Å². The minimum absolute atomic E-state index is 0.00262. The van der Waals surface area contributed by atoms with Gasteiger partial charge in [-0.05, 0) is 26.1 Å². The van der Waals surface area contributed by atoms with Crippen LogP contribution >= 0.6 is 0 Å². The fourth-order valence-corrected chi connectivity index (χ4v) is 3.18. The lowest BCUT2D eigenvalue weighted by atomic mass is 10.3. The second-order valence-corrected chi connectivity index (χ2v) is 6.10. The Balaban J connectivity index is 2.34. The molecule has 0 bridgehead atoms. The summed E-state index contributed by atoms with van der Waals surface area (Å²) in [6.45, 7) is 2.20. The van der Waals surface area contributed by atoms with Gasteiger partial charge >= 0.3 is 0 Å². The molecule has 1 aromatic carbocycles. The molecule has 114 valence electrons. The Morgan fingerprint density at radius 3 is 2.81 bits per heavy atom. The second-order valence-electron chi connectivity index (χ2n) is 4.50. The molecule has 0 aliphatic carbocycles. The Morgan fingerprint density at radius 2 is 2.14 bits per heavy atom. The Bertz CT molecular complexity index is 725. The molecular weight excluding hydrogens is 292 g/mol. The fourth-order valence-electron chi connectivity index (χ4n) is 1.93. The van der Waals surface area contributed by atoms with Crippen molar-refractivity contribution < 1.29 is 13.2 Å². The first-order valence-electron chi connectivity index (χ1n) is 6.33. The number of nitrogens with one attached hydrogen (secondary N) is 3. The standard InChI is InChI=1S/C13H18N4O3S/c1-9-12(8-14-2)13(16-15-9)21(18,19)17-10-5-4-6-11(7-10)20-3/h4-7,14,17H,8H2,1-3H3,(H,15,16). The highest BCUT2D eigenvalue weighted by molar-refractivity contribution is 7.92. The van der Waals surface area contributed by atoms with Crippen molar-refractivity contribution in [2.45, 2.75) is 18.5 Å². The van der Waals surface area contributed by atoms with E-state index in [4.69, 9.17) is 4.74 Å². The number of benzene rings is 1. The van der Waals surface area contributed by atoms with Gasteiger partial charge in [-0.3, -0.25) is 9.82 Å². The maximum absolute atomic E-state index is 12.4. The molecule has 0 atom stereocenters. The van der Waals surface area contributed by atoms with Crippen molar-refractivity contribution in [1.82, 2.24) is 15.5 Å². The van der Waals surface area contributed by atoms with E-state index in [0.717, 1.165) is 5.69 Å². The number of aryl methyl sites for hydroxylation is 1. The summed E-state index contributed by atoms with van der Waals surface area (Å²) in [6.07, 6.45) is 0. The van der Waals surface area contributed by atoms with E-state index in [-0.39, 0.29) is 5.03 Å². The first-order valence-corrected chi connectivity index (χ1v) is 7.81. The molecule has 3 N–H and O–H groups in total. The van der Waals surface area contributed by atoms with E-state index in [1.54, 1.807) is 38.2 Å². The van der Waals surface area contributed by atoms with Gasteiger partial charge in [0.2, 0.25) is 5.03 Å². The largest absolute Gasteiger partial charge is 0.497 e. The number of aromatic amines is 1. The molecule has 1 heterocycles. The molecule has 0 amide bonds. The van der Waals surface area contributed by atoms with Crippen molar-refractivity contribution in [3.8, 4) is 5.75 Å². The van der Waals surface area contributed by atoms with Gasteiger partial charge in [-0.2, -0.15) is 13.5 Å². The molecule has 0 unspecified atom stereocenters. The van der Waals surface area contributed by atoms with Gasteiger partial charge in [-0.25, -0.2) is 0 Å². The third-order valence-corrected chi connectivity index (χ3v) is 4.32. The van der Waals surface area contributed by atoms with E-state index in [9.17, 15) is 8.42 Å². The van der Waals surface area contributed by atoms with Crippen LogP contribution in [-0.4, -0.2) is 32.8 Å². The Hall–Kier alpha value is -2.06. The van der Waals surface area contributed by atoms with E-state index < -0.39 is 10.0 Å². The van der Waals surface area contributed by atoms with E-state index >= 15 is 0 Å². The number of aromatic nitrogens is 2. The highest BCUT2D eigenvalue weighted by Gasteiger charge is 2.23. The third kappa shape index (κ3) is 3.34. The van der Waals surface area contributed by atoms with Gasteiger partial charge in [0, 0.05) is 23.9 Å². The van der Waals surface area contributed by atoms with Gasteiger partial charge in [0.25, 0.3) is 10.0 Å². The lowest BCUT2D eigenvalue weighted by Crippen LogP contribution is -2.17. The number of rotatable bonds is 6. The molecule has 0 radical (unpaired) electrons. The van der Waals surface area contributed by atoms with Crippen molar-refractivity contribution in [2.24, 2.45) is 0 Å². The number of nitrogens with zero attached hydrogens (tertiary/aromatic N) is 1. The van der Waals surface area contributed by atoms with Gasteiger partial charge in [0.1, 0.15) is 5.75 Å². The lowest BCUT2D eigenvalue weighted by molar-refractivity contribution is 0.415. The first kappa shape index (κ1) is 15.3. The van der Waals surface area contributed by atoms with Crippen LogP contribution in [-0.2, 0) is 16.6 Å². The summed E-state index contributed by atoms with van der Waals surface area (Å²) in [4.78, 5) is 0. The number of methoxy groups -OCH3 is 1. The van der Waals surface area contributed by atoms with Crippen LogP contribution < -0.4 is 14.8 Å². The molecular formula is C13H18N4O3S. The maximum Gasteiger partial charge on any atom is 0.281 e. The van der Waals surface area contributed by atoms with Crippen LogP contribution in [0.3, 0.4) is 0 Å². The quantitative estimate of drug-likeness (QED) is 0.746. The van der Waals surface area contributed by atoms with Crippen molar-refractivity contribution >= 4 is 15.7 Å². The van der Waals surface area contributed by atoms with Crippen molar-refractivity contribution in [3.05, 3.63) is 35.5 Å². The summed E-state index contributed by atoms with van der Waals surface area (Å²) in [7, 11) is -0.486. The van der Waals surface area contributed by atoms with Crippen molar-refractivity contribution in [1.29, 1.82) is 0 Å². The average molecular weight is 310 g/mol. The number of sulfonamides is 1. The predicted molar refractivity (Wildman–Crippen MR) is 79.9 cm³/mol. The Kier molecular flexibility index (Phi) is 4.49. The zero-order chi connectivity index (χ0) is 15.5. The highest BCUT2D eigenvalue weighted by Crippen LogP contribution is 2.22. The number of anilines is 1. The van der Waals surface area contributed by atoms with Gasteiger partial charge in [0.05, 0.1) is 12.8 Å². The average Bonchev–Trinajstić information content (AvgIpc) is 2.81. The monoisotopic (exact) mass is 310 g/mol. The van der Waals surface area contributed by atoms with Crippen LogP contribution in [0.5, 0.6) is 5.75 Å². The number of ether oxygens (including phenoxy) is 1. The van der Waals surface area contributed by atoms with Gasteiger partial charge in [0.15, 0.2) is 0 Å². The molecule has 0 aliphatic heterocycles. The maximum atomic E-state index is 12.4. The van der Waals surface area contributed by atoms with Crippen LogP contribution in [0.2, 0.25) is 0 Å². The summed E-state index contributed by atoms with van der Waals surface area (Å²) in [5.74, 6) is 0.573. The molecule has 0 saturated carbocycles. The minimum Gasteiger partial charge on any atom is -0.497 e. The molecule has 7 nitrogen and oxygen atoms in total. The molecule has 1 aromatic heterocycles. The molecule has 2 aromatic rings. The lowest BCUT2D eigenvalue weighted by Gasteiger charge is -2.09. The van der Waals surface area contributed by atoms with Gasteiger partial charge in [-0.15, -0.1) is 0 Å². The summed E-state index contributed by atoms with van der Waals surface area (Å²) < 4.78 is 32.5. The number of hydrogen-bond acceptors (Lipinski definition) is 5. The zero-order valence-electron chi connectivity index (χ0n) is 12.1. The fraction of sp³-hybridized carbons (Fsp3) is 0.308. The van der Waals surface area contributed by atoms with Gasteiger partial charge in [-0.1, -0.05) is 6.07 Å². The van der Waals surface area contributed by atoms with E-state index in [1.807, 2.05) is 0 Å². The Labute approximate surface area is 123 Å². The van der Waals surface area contributed by atoms with E-state index in [1.165, 1.54) is 7.11 Å². The van der Waals surface area contributed by atoms with Crippen LogP contribution in [0.4, 0.5) is 5.69 Å². The van der Waals surface area contributed by atoms with E-state index in [0.29, 0.717) is 23.5 Å². The summed E-state index contributed by atoms with van der Waals surface area (Å²) in [5, 5.41) is 9.53. The molecule has 0 fully saturated rings. The third-order valence-electron chi connectivity index (χ3n) is 2.97.